The molecule has 2 amide bonds. The Kier molecular flexibility index (Phi) is 3.25. The zero-order valence-electron chi connectivity index (χ0n) is 11.6. The van der Waals surface area contributed by atoms with E-state index in [1.165, 1.54) is 0 Å². The third-order valence-corrected chi connectivity index (χ3v) is 4.75. The van der Waals surface area contributed by atoms with E-state index in [0.29, 0.717) is 18.4 Å². The lowest BCUT2D eigenvalue weighted by atomic mass is 9.98. The van der Waals surface area contributed by atoms with E-state index < -0.39 is 0 Å². The second-order valence-electron chi connectivity index (χ2n) is 6.11. The van der Waals surface area contributed by atoms with Crippen LogP contribution < -0.4 is 5.32 Å². The van der Waals surface area contributed by atoms with Crippen LogP contribution in [-0.4, -0.2) is 48.1 Å². The molecule has 3 rings (SSSR count). The first-order valence-corrected chi connectivity index (χ1v) is 7.30. The monoisotopic (exact) mass is 266 g/mol. The third kappa shape index (κ3) is 2.36. The van der Waals surface area contributed by atoms with Gasteiger partial charge in [0.15, 0.2) is 0 Å². The molecule has 4 atom stereocenters. The van der Waals surface area contributed by atoms with Gasteiger partial charge in [-0.25, -0.2) is 0 Å². The van der Waals surface area contributed by atoms with Gasteiger partial charge in [0, 0.05) is 19.1 Å². The molecule has 3 fully saturated rings. The van der Waals surface area contributed by atoms with E-state index in [0.717, 1.165) is 25.9 Å². The fraction of sp³-hybridized carbons (Fsp3) is 0.857. The molecule has 5 nitrogen and oxygen atoms in total. The summed E-state index contributed by atoms with van der Waals surface area (Å²) in [6.07, 6.45) is 3.28. The van der Waals surface area contributed by atoms with Crippen molar-refractivity contribution in [2.24, 2.45) is 11.8 Å². The first-order chi connectivity index (χ1) is 9.08. The topological polar surface area (TPSA) is 58.6 Å². The second kappa shape index (κ2) is 4.78. The zero-order chi connectivity index (χ0) is 13.6. The van der Waals surface area contributed by atoms with Crippen molar-refractivity contribution in [3.05, 3.63) is 0 Å². The van der Waals surface area contributed by atoms with Crippen LogP contribution in [0.4, 0.5) is 0 Å². The van der Waals surface area contributed by atoms with Gasteiger partial charge in [0.1, 0.15) is 12.1 Å². The van der Waals surface area contributed by atoms with Crippen LogP contribution in [0.2, 0.25) is 0 Å². The maximum atomic E-state index is 12.5. The molecule has 2 aliphatic heterocycles. The van der Waals surface area contributed by atoms with Crippen LogP contribution in [0.1, 0.15) is 33.1 Å². The maximum absolute atomic E-state index is 12.5. The van der Waals surface area contributed by atoms with E-state index in [2.05, 4.69) is 12.2 Å². The highest BCUT2D eigenvalue weighted by Crippen LogP contribution is 2.35. The van der Waals surface area contributed by atoms with Crippen molar-refractivity contribution in [1.82, 2.24) is 10.2 Å². The number of nitrogens with one attached hydrogen (secondary N) is 1. The highest BCUT2D eigenvalue weighted by atomic mass is 16.5. The lowest BCUT2D eigenvalue weighted by molar-refractivity contribution is -0.150. The summed E-state index contributed by atoms with van der Waals surface area (Å²) in [5, 5.41) is 2.88. The van der Waals surface area contributed by atoms with Gasteiger partial charge in [-0.3, -0.25) is 9.59 Å². The number of carbonyl (C=O) groups excluding carboxylic acids is 2. The van der Waals surface area contributed by atoms with Gasteiger partial charge in [0.05, 0.1) is 6.10 Å². The molecule has 0 bridgehead atoms. The zero-order valence-corrected chi connectivity index (χ0v) is 11.6. The van der Waals surface area contributed by atoms with Crippen LogP contribution in [0, 0.1) is 11.8 Å². The first-order valence-electron chi connectivity index (χ1n) is 7.30. The number of hydrogen-bond acceptors (Lipinski definition) is 3. The SMILES string of the molecule is CC1OCCC1CN1C(=O)C(C2CC2)NC(=O)C1C. The lowest BCUT2D eigenvalue weighted by Gasteiger charge is -2.39. The molecule has 2 saturated heterocycles. The minimum Gasteiger partial charge on any atom is -0.378 e. The van der Waals surface area contributed by atoms with Crippen LogP contribution in [0.5, 0.6) is 0 Å². The van der Waals surface area contributed by atoms with Gasteiger partial charge >= 0.3 is 0 Å². The molecule has 1 aliphatic carbocycles. The summed E-state index contributed by atoms with van der Waals surface area (Å²) in [7, 11) is 0. The number of rotatable bonds is 3. The molecule has 0 radical (unpaired) electrons. The molecule has 4 unspecified atom stereocenters. The first kappa shape index (κ1) is 12.9. The van der Waals surface area contributed by atoms with Crippen LogP contribution in [-0.2, 0) is 14.3 Å². The van der Waals surface area contributed by atoms with Crippen molar-refractivity contribution in [3.63, 3.8) is 0 Å². The van der Waals surface area contributed by atoms with E-state index in [1.807, 2.05) is 6.92 Å². The Labute approximate surface area is 113 Å². The van der Waals surface area contributed by atoms with Crippen LogP contribution >= 0.6 is 0 Å². The fourth-order valence-electron chi connectivity index (χ4n) is 3.11. The van der Waals surface area contributed by atoms with E-state index >= 15 is 0 Å². The fourth-order valence-corrected chi connectivity index (χ4v) is 3.11. The number of hydrogen-bond donors (Lipinski definition) is 1. The maximum Gasteiger partial charge on any atom is 0.246 e. The Morgan fingerprint density at radius 2 is 2.00 bits per heavy atom. The largest absolute Gasteiger partial charge is 0.378 e. The molecule has 1 N–H and O–H groups in total. The van der Waals surface area contributed by atoms with Gasteiger partial charge in [-0.1, -0.05) is 0 Å². The third-order valence-electron chi connectivity index (χ3n) is 4.75. The molecule has 106 valence electrons. The number of amides is 2. The molecular weight excluding hydrogens is 244 g/mol. The van der Waals surface area contributed by atoms with Crippen LogP contribution in [0.15, 0.2) is 0 Å². The predicted octanol–water partition coefficient (Wildman–Crippen LogP) is 0.537. The molecular formula is C14H22N2O3. The van der Waals surface area contributed by atoms with Gasteiger partial charge in [-0.05, 0) is 39.0 Å². The normalized spacial score (nSPS) is 39.6. The molecule has 3 aliphatic rings. The minimum atomic E-state index is -0.352. The molecule has 0 aromatic carbocycles. The molecule has 0 spiro atoms. The quantitative estimate of drug-likeness (QED) is 0.811. The van der Waals surface area contributed by atoms with E-state index in [1.54, 1.807) is 4.90 Å². The number of ether oxygens (including phenoxy) is 1. The van der Waals surface area contributed by atoms with Crippen molar-refractivity contribution >= 4 is 11.8 Å². The Bertz CT molecular complexity index is 394. The Balaban J connectivity index is 1.72. The standard InChI is InChI=1S/C14H22N2O3/c1-8-13(17)15-12(10-3-4-10)14(18)16(8)7-11-5-6-19-9(11)2/h8-12H,3-7H2,1-2H3,(H,15,17). The summed E-state index contributed by atoms with van der Waals surface area (Å²) in [5.74, 6) is 0.817. The van der Waals surface area contributed by atoms with Crippen molar-refractivity contribution < 1.29 is 14.3 Å². The van der Waals surface area contributed by atoms with Crippen LogP contribution in [0.25, 0.3) is 0 Å². The van der Waals surface area contributed by atoms with Gasteiger partial charge in [0.25, 0.3) is 0 Å². The number of carbonyl (C=O) groups is 2. The highest BCUT2D eigenvalue weighted by molar-refractivity contribution is 5.97. The Morgan fingerprint density at radius 3 is 2.58 bits per heavy atom. The second-order valence-corrected chi connectivity index (χ2v) is 6.11. The lowest BCUT2D eigenvalue weighted by Crippen LogP contribution is -2.64. The summed E-state index contributed by atoms with van der Waals surface area (Å²) >= 11 is 0. The van der Waals surface area contributed by atoms with Gasteiger partial charge < -0.3 is 15.0 Å². The van der Waals surface area contributed by atoms with Crippen molar-refractivity contribution in [3.8, 4) is 0 Å². The summed E-state index contributed by atoms with van der Waals surface area (Å²) in [5.41, 5.74) is 0. The smallest absolute Gasteiger partial charge is 0.246 e. The Hall–Kier alpha value is -1.10. The van der Waals surface area contributed by atoms with E-state index in [-0.39, 0.29) is 30.0 Å². The molecule has 5 heteroatoms. The van der Waals surface area contributed by atoms with Crippen molar-refractivity contribution in [2.75, 3.05) is 13.2 Å². The van der Waals surface area contributed by atoms with Crippen molar-refractivity contribution in [2.45, 2.75) is 51.3 Å². The molecule has 1 saturated carbocycles. The summed E-state index contributed by atoms with van der Waals surface area (Å²) in [4.78, 5) is 26.3. The molecule has 19 heavy (non-hydrogen) atoms. The number of nitrogens with zero attached hydrogens (tertiary/aromatic N) is 1. The van der Waals surface area contributed by atoms with E-state index in [9.17, 15) is 9.59 Å². The molecule has 2 heterocycles. The molecule has 0 aromatic rings. The molecule has 0 aromatic heterocycles. The summed E-state index contributed by atoms with van der Waals surface area (Å²) < 4.78 is 5.55. The summed E-state index contributed by atoms with van der Waals surface area (Å²) in [6.45, 7) is 5.28. The average Bonchev–Trinajstić information content (AvgIpc) is 3.14. The number of piperazine rings is 1. The minimum absolute atomic E-state index is 0.0110. The van der Waals surface area contributed by atoms with E-state index in [4.69, 9.17) is 4.74 Å². The van der Waals surface area contributed by atoms with Crippen molar-refractivity contribution in [1.29, 1.82) is 0 Å². The average molecular weight is 266 g/mol. The highest BCUT2D eigenvalue weighted by Gasteiger charge is 2.46. The van der Waals surface area contributed by atoms with Gasteiger partial charge in [0.2, 0.25) is 11.8 Å². The Morgan fingerprint density at radius 1 is 1.26 bits per heavy atom. The van der Waals surface area contributed by atoms with Crippen LogP contribution in [0.3, 0.4) is 0 Å². The predicted molar refractivity (Wildman–Crippen MR) is 69.4 cm³/mol. The van der Waals surface area contributed by atoms with Gasteiger partial charge in [-0.2, -0.15) is 0 Å². The van der Waals surface area contributed by atoms with Gasteiger partial charge in [-0.15, -0.1) is 0 Å². The summed E-state index contributed by atoms with van der Waals surface area (Å²) in [6, 6.07) is -0.628.